The van der Waals surface area contributed by atoms with Gasteiger partial charge in [0.25, 0.3) is 0 Å². The third kappa shape index (κ3) is 3.03. The van der Waals surface area contributed by atoms with Gasteiger partial charge in [-0.1, -0.05) is 17.7 Å². The molecular formula is C16H17ClN6O. The minimum absolute atomic E-state index is 0.105. The van der Waals surface area contributed by atoms with Crippen LogP contribution in [0.5, 0.6) is 0 Å². The van der Waals surface area contributed by atoms with Crippen LogP contribution in [-0.2, 0) is 18.3 Å². The van der Waals surface area contributed by atoms with Crippen LogP contribution in [0.3, 0.4) is 0 Å². The summed E-state index contributed by atoms with van der Waals surface area (Å²) in [5.74, 6) is 0.908. The lowest BCUT2D eigenvalue weighted by Crippen LogP contribution is -2.20. The third-order valence-corrected chi connectivity index (χ3v) is 3.87. The molecule has 0 aliphatic rings. The normalized spacial score (nSPS) is 10.8. The zero-order chi connectivity index (χ0) is 17.3. The Bertz CT molecular complexity index is 878. The number of rotatable bonds is 4. The van der Waals surface area contributed by atoms with Crippen molar-refractivity contribution in [1.82, 2.24) is 29.6 Å². The summed E-state index contributed by atoms with van der Waals surface area (Å²) in [4.78, 5) is 20.5. The van der Waals surface area contributed by atoms with E-state index in [0.29, 0.717) is 16.7 Å². The quantitative estimate of drug-likeness (QED) is 0.784. The fourth-order valence-electron chi connectivity index (χ4n) is 2.47. The van der Waals surface area contributed by atoms with E-state index in [2.05, 4.69) is 20.4 Å². The van der Waals surface area contributed by atoms with Crippen molar-refractivity contribution in [3.05, 3.63) is 47.1 Å². The van der Waals surface area contributed by atoms with Crippen molar-refractivity contribution in [2.75, 3.05) is 7.05 Å². The molecule has 0 atom stereocenters. The average Bonchev–Trinajstić information content (AvgIpc) is 3.10. The van der Waals surface area contributed by atoms with Crippen LogP contribution in [-0.4, -0.2) is 37.3 Å². The van der Waals surface area contributed by atoms with Gasteiger partial charge >= 0.3 is 0 Å². The van der Waals surface area contributed by atoms with Crippen molar-refractivity contribution in [2.45, 2.75) is 13.3 Å². The maximum absolute atomic E-state index is 11.7. The predicted molar refractivity (Wildman–Crippen MR) is 91.1 cm³/mol. The van der Waals surface area contributed by atoms with E-state index in [1.54, 1.807) is 30.2 Å². The Morgan fingerprint density at radius 2 is 2.17 bits per heavy atom. The first-order valence-corrected chi connectivity index (χ1v) is 7.78. The molecule has 1 aromatic carbocycles. The summed E-state index contributed by atoms with van der Waals surface area (Å²) in [6.07, 6.45) is 1.83. The first-order chi connectivity index (χ1) is 11.5. The predicted octanol–water partition coefficient (Wildman–Crippen LogP) is 1.92. The van der Waals surface area contributed by atoms with Gasteiger partial charge in [-0.25, -0.2) is 14.6 Å². The molecule has 2 heterocycles. The summed E-state index contributed by atoms with van der Waals surface area (Å²) in [7, 11) is 3.48. The molecule has 0 saturated carbocycles. The Hall–Kier alpha value is -2.67. The number of halogens is 1. The van der Waals surface area contributed by atoms with Gasteiger partial charge in [0.15, 0.2) is 11.6 Å². The van der Waals surface area contributed by atoms with Gasteiger partial charge in [-0.05, 0) is 25.1 Å². The lowest BCUT2D eigenvalue weighted by Gasteiger charge is -2.07. The molecule has 8 heteroatoms. The van der Waals surface area contributed by atoms with Crippen molar-refractivity contribution in [3.63, 3.8) is 0 Å². The molecule has 0 aliphatic carbocycles. The van der Waals surface area contributed by atoms with E-state index in [9.17, 15) is 4.79 Å². The van der Waals surface area contributed by atoms with Gasteiger partial charge in [-0.3, -0.25) is 4.79 Å². The highest BCUT2D eigenvalue weighted by molar-refractivity contribution is 6.30. The van der Waals surface area contributed by atoms with Crippen molar-refractivity contribution in [2.24, 2.45) is 7.05 Å². The topological polar surface area (TPSA) is 77.6 Å². The second-order valence-electron chi connectivity index (χ2n) is 5.38. The van der Waals surface area contributed by atoms with Gasteiger partial charge < -0.3 is 9.88 Å². The van der Waals surface area contributed by atoms with Crippen LogP contribution in [0.2, 0.25) is 5.02 Å². The van der Waals surface area contributed by atoms with Crippen LogP contribution in [0.1, 0.15) is 11.5 Å². The molecule has 124 valence electrons. The number of hydrogen-bond donors (Lipinski definition) is 1. The monoisotopic (exact) mass is 344 g/mol. The fraction of sp³-hybridized carbons (Fsp3) is 0.250. The standard InChI is InChI=1S/C16H17ClN6O/c1-10-15(22(3)9-19-10)16-20-13(8-14(24)18-2)21-23(16)12-6-4-5-11(17)7-12/h4-7,9H,8H2,1-3H3,(H,18,24). The second kappa shape index (κ2) is 6.45. The largest absolute Gasteiger partial charge is 0.359 e. The Kier molecular flexibility index (Phi) is 4.35. The highest BCUT2D eigenvalue weighted by atomic mass is 35.5. The molecule has 0 spiro atoms. The number of imidazole rings is 1. The third-order valence-electron chi connectivity index (χ3n) is 3.63. The lowest BCUT2D eigenvalue weighted by molar-refractivity contribution is -0.120. The number of aryl methyl sites for hydroxylation is 2. The van der Waals surface area contributed by atoms with Crippen LogP contribution in [0, 0.1) is 6.92 Å². The molecule has 3 aromatic rings. The van der Waals surface area contributed by atoms with Gasteiger partial charge in [-0.15, -0.1) is 0 Å². The van der Waals surface area contributed by atoms with Crippen LogP contribution < -0.4 is 5.32 Å². The molecular weight excluding hydrogens is 328 g/mol. The zero-order valence-electron chi connectivity index (χ0n) is 13.6. The molecule has 0 unspecified atom stereocenters. The highest BCUT2D eigenvalue weighted by Crippen LogP contribution is 2.24. The Morgan fingerprint density at radius 3 is 2.79 bits per heavy atom. The average molecular weight is 345 g/mol. The Morgan fingerprint density at radius 1 is 1.38 bits per heavy atom. The molecule has 2 aromatic heterocycles. The van der Waals surface area contributed by atoms with Crippen molar-refractivity contribution < 1.29 is 4.79 Å². The Balaban J connectivity index is 2.17. The lowest BCUT2D eigenvalue weighted by atomic mass is 10.3. The number of amides is 1. The number of nitrogens with zero attached hydrogens (tertiary/aromatic N) is 5. The van der Waals surface area contributed by atoms with Crippen molar-refractivity contribution in [1.29, 1.82) is 0 Å². The minimum atomic E-state index is -0.147. The summed E-state index contributed by atoms with van der Waals surface area (Å²) >= 11 is 6.10. The molecule has 0 radical (unpaired) electrons. The number of carbonyl (C=O) groups excluding carboxylic acids is 1. The summed E-state index contributed by atoms with van der Waals surface area (Å²) in [5, 5.41) is 7.67. The van der Waals surface area contributed by atoms with Crippen molar-refractivity contribution >= 4 is 17.5 Å². The van der Waals surface area contributed by atoms with E-state index >= 15 is 0 Å². The smallest absolute Gasteiger partial charge is 0.227 e. The van der Waals surface area contributed by atoms with Crippen LogP contribution >= 0.6 is 11.6 Å². The molecule has 1 amide bonds. The maximum Gasteiger partial charge on any atom is 0.227 e. The summed E-state index contributed by atoms with van der Waals surface area (Å²) in [6, 6.07) is 7.33. The van der Waals surface area contributed by atoms with Gasteiger partial charge in [0, 0.05) is 19.1 Å². The number of aromatic nitrogens is 5. The van der Waals surface area contributed by atoms with Gasteiger partial charge in [0.2, 0.25) is 5.91 Å². The summed E-state index contributed by atoms with van der Waals surface area (Å²) in [5.41, 5.74) is 2.44. The highest BCUT2D eigenvalue weighted by Gasteiger charge is 2.20. The first-order valence-electron chi connectivity index (χ1n) is 7.40. The number of likely N-dealkylation sites (N-methyl/N-ethyl adjacent to an activating group) is 1. The van der Waals surface area contributed by atoms with E-state index in [4.69, 9.17) is 11.6 Å². The van der Waals surface area contributed by atoms with E-state index in [1.165, 1.54) is 0 Å². The summed E-state index contributed by atoms with van der Waals surface area (Å²) in [6.45, 7) is 1.91. The zero-order valence-corrected chi connectivity index (χ0v) is 14.4. The molecule has 0 saturated heterocycles. The SMILES string of the molecule is CNC(=O)Cc1nc(-c2c(C)ncn2C)n(-c2cccc(Cl)c2)n1. The second-order valence-corrected chi connectivity index (χ2v) is 5.82. The molecule has 0 bridgehead atoms. The van der Waals surface area contributed by atoms with Gasteiger partial charge in [0.1, 0.15) is 5.69 Å². The van der Waals surface area contributed by atoms with Gasteiger partial charge in [-0.2, -0.15) is 5.10 Å². The van der Waals surface area contributed by atoms with Crippen LogP contribution in [0.25, 0.3) is 17.2 Å². The number of benzene rings is 1. The van der Waals surface area contributed by atoms with E-state index < -0.39 is 0 Å². The number of nitrogens with one attached hydrogen (secondary N) is 1. The van der Waals surface area contributed by atoms with Crippen LogP contribution in [0.4, 0.5) is 0 Å². The Labute approximate surface area is 144 Å². The van der Waals surface area contributed by atoms with E-state index in [0.717, 1.165) is 17.1 Å². The maximum atomic E-state index is 11.7. The summed E-state index contributed by atoms with van der Waals surface area (Å²) < 4.78 is 3.57. The van der Waals surface area contributed by atoms with E-state index in [-0.39, 0.29) is 12.3 Å². The molecule has 3 rings (SSSR count). The van der Waals surface area contributed by atoms with E-state index in [1.807, 2.05) is 30.7 Å². The molecule has 0 fully saturated rings. The first kappa shape index (κ1) is 16.2. The van der Waals surface area contributed by atoms with Crippen molar-refractivity contribution in [3.8, 4) is 17.2 Å². The van der Waals surface area contributed by atoms with Gasteiger partial charge in [0.05, 0.1) is 24.1 Å². The molecule has 7 nitrogen and oxygen atoms in total. The fourth-order valence-corrected chi connectivity index (χ4v) is 2.65. The minimum Gasteiger partial charge on any atom is -0.359 e. The molecule has 24 heavy (non-hydrogen) atoms. The molecule has 0 aliphatic heterocycles. The number of carbonyl (C=O) groups is 1. The molecule has 1 N–H and O–H groups in total. The van der Waals surface area contributed by atoms with Crippen LogP contribution in [0.15, 0.2) is 30.6 Å². The number of hydrogen-bond acceptors (Lipinski definition) is 4.